The Labute approximate surface area is 121 Å². The average Bonchev–Trinajstić information content (AvgIpc) is 3.06. The number of aromatic nitrogens is 1. The Morgan fingerprint density at radius 3 is 3.05 bits per heavy atom. The number of carbonyl (C=O) groups excluding carboxylic acids is 1. The largest absolute Gasteiger partial charge is 0.508 e. The van der Waals surface area contributed by atoms with Crippen LogP contribution in [0, 0.1) is 0 Å². The molecular formula is C15H16N2O2S. The quantitative estimate of drug-likeness (QED) is 0.882. The standard InChI is InChI=1S/C15H16N2O2S/c1-17-7-3-6-13(17)15-16-12(9-20-15)14(19)10-4-2-5-11(18)8-10/h2,4-5,8-9,13,18H,3,6-7H2,1H3. The maximum atomic E-state index is 12.3. The van der Waals surface area contributed by atoms with Crippen molar-refractivity contribution >= 4 is 17.1 Å². The summed E-state index contributed by atoms with van der Waals surface area (Å²) < 4.78 is 0. The van der Waals surface area contributed by atoms with E-state index in [1.807, 2.05) is 5.38 Å². The van der Waals surface area contributed by atoms with E-state index in [1.165, 1.54) is 12.5 Å². The van der Waals surface area contributed by atoms with Crippen LogP contribution in [0.5, 0.6) is 5.75 Å². The van der Waals surface area contributed by atoms with E-state index in [0.717, 1.165) is 18.0 Å². The number of rotatable bonds is 3. The van der Waals surface area contributed by atoms with Gasteiger partial charge in [-0.05, 0) is 38.6 Å². The minimum absolute atomic E-state index is 0.0989. The van der Waals surface area contributed by atoms with Crippen molar-refractivity contribution in [2.45, 2.75) is 18.9 Å². The summed E-state index contributed by atoms with van der Waals surface area (Å²) in [5.74, 6) is -0.0362. The molecule has 1 atom stereocenters. The van der Waals surface area contributed by atoms with Crippen molar-refractivity contribution in [1.29, 1.82) is 0 Å². The second-order valence-electron chi connectivity index (χ2n) is 5.09. The Bertz CT molecular complexity index is 638. The third kappa shape index (κ3) is 2.46. The van der Waals surface area contributed by atoms with E-state index in [0.29, 0.717) is 17.3 Å². The first-order valence-electron chi connectivity index (χ1n) is 6.64. The van der Waals surface area contributed by atoms with E-state index < -0.39 is 0 Å². The van der Waals surface area contributed by atoms with Crippen LogP contribution < -0.4 is 0 Å². The lowest BCUT2D eigenvalue weighted by Gasteiger charge is -2.16. The first kappa shape index (κ1) is 13.3. The molecule has 1 saturated heterocycles. The highest BCUT2D eigenvalue weighted by molar-refractivity contribution is 7.10. The number of aromatic hydroxyl groups is 1. The highest BCUT2D eigenvalue weighted by Crippen LogP contribution is 2.32. The normalized spacial score (nSPS) is 19.4. The molecule has 1 aromatic heterocycles. The minimum Gasteiger partial charge on any atom is -0.508 e. The molecule has 1 aliphatic rings. The molecule has 0 saturated carbocycles. The zero-order chi connectivity index (χ0) is 14.1. The van der Waals surface area contributed by atoms with Gasteiger partial charge in [-0.2, -0.15) is 0 Å². The van der Waals surface area contributed by atoms with E-state index in [9.17, 15) is 9.90 Å². The van der Waals surface area contributed by atoms with Gasteiger partial charge in [0.15, 0.2) is 0 Å². The molecule has 2 aromatic rings. The molecule has 104 valence electrons. The summed E-state index contributed by atoms with van der Waals surface area (Å²) >= 11 is 1.54. The molecule has 3 rings (SSSR count). The number of hydrogen-bond donors (Lipinski definition) is 1. The van der Waals surface area contributed by atoms with E-state index >= 15 is 0 Å². The van der Waals surface area contributed by atoms with Gasteiger partial charge in [-0.25, -0.2) is 4.98 Å². The predicted octanol–water partition coefficient (Wildman–Crippen LogP) is 2.85. The number of benzene rings is 1. The number of phenols is 1. The molecule has 1 fully saturated rings. The number of nitrogens with zero attached hydrogens (tertiary/aromatic N) is 2. The fourth-order valence-corrected chi connectivity index (χ4v) is 3.56. The number of thiazole rings is 1. The van der Waals surface area contributed by atoms with Gasteiger partial charge in [0, 0.05) is 10.9 Å². The third-order valence-electron chi connectivity index (χ3n) is 3.67. The van der Waals surface area contributed by atoms with Gasteiger partial charge in [-0.3, -0.25) is 9.69 Å². The van der Waals surface area contributed by atoms with Crippen LogP contribution in [0.1, 0.15) is 39.9 Å². The van der Waals surface area contributed by atoms with E-state index in [-0.39, 0.29) is 11.5 Å². The molecule has 2 heterocycles. The SMILES string of the molecule is CN1CCCC1c1nc(C(=O)c2cccc(O)c2)cs1. The van der Waals surface area contributed by atoms with Crippen LogP contribution in [0.4, 0.5) is 0 Å². The topological polar surface area (TPSA) is 53.4 Å². The molecule has 4 nitrogen and oxygen atoms in total. The molecule has 0 amide bonds. The second kappa shape index (κ2) is 5.34. The fraction of sp³-hybridized carbons (Fsp3) is 0.333. The van der Waals surface area contributed by atoms with Gasteiger partial charge in [0.25, 0.3) is 0 Å². The van der Waals surface area contributed by atoms with E-state index in [4.69, 9.17) is 0 Å². The van der Waals surface area contributed by atoms with E-state index in [2.05, 4.69) is 16.9 Å². The van der Waals surface area contributed by atoms with Gasteiger partial charge < -0.3 is 5.11 Å². The molecule has 20 heavy (non-hydrogen) atoms. The Morgan fingerprint density at radius 2 is 2.35 bits per heavy atom. The van der Waals surface area contributed by atoms with Crippen LogP contribution in [0.3, 0.4) is 0 Å². The van der Waals surface area contributed by atoms with E-state index in [1.54, 1.807) is 29.5 Å². The first-order valence-corrected chi connectivity index (χ1v) is 7.52. The molecule has 1 aliphatic heterocycles. The Kier molecular flexibility index (Phi) is 3.54. The summed E-state index contributed by atoms with van der Waals surface area (Å²) in [5, 5.41) is 12.3. The van der Waals surface area contributed by atoms with Crippen molar-refractivity contribution in [3.8, 4) is 5.75 Å². The average molecular weight is 288 g/mol. The first-order chi connectivity index (χ1) is 9.65. The summed E-state index contributed by atoms with van der Waals surface area (Å²) in [5.41, 5.74) is 0.942. The Hall–Kier alpha value is -1.72. The summed E-state index contributed by atoms with van der Waals surface area (Å²) in [4.78, 5) is 19.1. The highest BCUT2D eigenvalue weighted by atomic mass is 32.1. The minimum atomic E-state index is -0.135. The summed E-state index contributed by atoms with van der Waals surface area (Å²) in [6.07, 6.45) is 2.28. The molecule has 5 heteroatoms. The lowest BCUT2D eigenvalue weighted by molar-refractivity contribution is 0.103. The zero-order valence-corrected chi connectivity index (χ0v) is 12.1. The smallest absolute Gasteiger partial charge is 0.212 e. The van der Waals surface area contributed by atoms with Gasteiger partial charge in [0.05, 0.1) is 6.04 Å². The molecule has 0 aliphatic carbocycles. The maximum absolute atomic E-state index is 12.3. The predicted molar refractivity (Wildman–Crippen MR) is 78.3 cm³/mol. The van der Waals surface area contributed by atoms with Crippen LogP contribution in [0.2, 0.25) is 0 Å². The van der Waals surface area contributed by atoms with Crippen LogP contribution >= 0.6 is 11.3 Å². The second-order valence-corrected chi connectivity index (χ2v) is 5.98. The molecule has 0 bridgehead atoms. The summed E-state index contributed by atoms with van der Waals surface area (Å²) in [6, 6.07) is 6.73. The highest BCUT2D eigenvalue weighted by Gasteiger charge is 2.26. The van der Waals surface area contributed by atoms with Gasteiger partial charge in [0.2, 0.25) is 5.78 Å². The molecule has 1 aromatic carbocycles. The van der Waals surface area contributed by atoms with Crippen molar-refractivity contribution in [1.82, 2.24) is 9.88 Å². The number of likely N-dealkylation sites (tertiary alicyclic amines) is 1. The third-order valence-corrected chi connectivity index (χ3v) is 4.61. The van der Waals surface area contributed by atoms with Crippen molar-refractivity contribution in [3.05, 3.63) is 45.9 Å². The number of phenolic OH excluding ortho intramolecular Hbond substituents is 1. The van der Waals surface area contributed by atoms with Crippen molar-refractivity contribution in [2.75, 3.05) is 13.6 Å². The zero-order valence-electron chi connectivity index (χ0n) is 11.2. The molecule has 0 spiro atoms. The summed E-state index contributed by atoms with van der Waals surface area (Å²) in [7, 11) is 2.09. The van der Waals surface area contributed by atoms with Gasteiger partial charge >= 0.3 is 0 Å². The maximum Gasteiger partial charge on any atom is 0.212 e. The number of hydrogen-bond acceptors (Lipinski definition) is 5. The van der Waals surface area contributed by atoms with Gasteiger partial charge in [0.1, 0.15) is 16.5 Å². The molecular weight excluding hydrogens is 272 g/mol. The lowest BCUT2D eigenvalue weighted by Crippen LogP contribution is -2.17. The van der Waals surface area contributed by atoms with Crippen molar-refractivity contribution in [2.24, 2.45) is 0 Å². The number of carbonyl (C=O) groups is 1. The van der Waals surface area contributed by atoms with Crippen molar-refractivity contribution in [3.63, 3.8) is 0 Å². The van der Waals surface area contributed by atoms with Crippen LogP contribution in [-0.4, -0.2) is 34.4 Å². The summed E-state index contributed by atoms with van der Waals surface area (Å²) in [6.45, 7) is 1.08. The van der Waals surface area contributed by atoms with Crippen LogP contribution in [-0.2, 0) is 0 Å². The molecule has 0 radical (unpaired) electrons. The number of ketones is 1. The Morgan fingerprint density at radius 1 is 1.50 bits per heavy atom. The Balaban J connectivity index is 1.85. The van der Waals surface area contributed by atoms with Crippen molar-refractivity contribution < 1.29 is 9.90 Å². The molecule has 1 N–H and O–H groups in total. The van der Waals surface area contributed by atoms with Gasteiger partial charge in [-0.1, -0.05) is 12.1 Å². The van der Waals surface area contributed by atoms with Gasteiger partial charge in [-0.15, -0.1) is 11.3 Å². The lowest BCUT2D eigenvalue weighted by atomic mass is 10.1. The van der Waals surface area contributed by atoms with Crippen LogP contribution in [0.25, 0.3) is 0 Å². The van der Waals surface area contributed by atoms with Crippen LogP contribution in [0.15, 0.2) is 29.6 Å². The fourth-order valence-electron chi connectivity index (χ4n) is 2.56. The molecule has 1 unspecified atom stereocenters. The monoisotopic (exact) mass is 288 g/mol.